The number of hydrogen-bond donors (Lipinski definition) is 0. The third-order valence-corrected chi connectivity index (χ3v) is 4.22. The molecule has 0 N–H and O–H groups in total. The van der Waals surface area contributed by atoms with Crippen LogP contribution in [0, 0.1) is 0 Å². The molecule has 4 nitrogen and oxygen atoms in total. The van der Waals surface area contributed by atoms with E-state index in [4.69, 9.17) is 32.4 Å². The molecule has 0 atom stereocenters. The number of thioether (sulfide) groups is 1. The topological polar surface area (TPSA) is 48.2 Å². The van der Waals surface area contributed by atoms with Crippen LogP contribution < -0.4 is 4.74 Å². The van der Waals surface area contributed by atoms with Crippen molar-refractivity contribution in [2.45, 2.75) is 5.22 Å². The highest BCUT2D eigenvalue weighted by atomic mass is 35.5. The van der Waals surface area contributed by atoms with E-state index in [-0.39, 0.29) is 0 Å². The molecule has 1 heterocycles. The molecular formula is C16H12Cl2N2O2S. The predicted octanol–water partition coefficient (Wildman–Crippen LogP) is 5.21. The molecule has 0 radical (unpaired) electrons. The third-order valence-electron chi connectivity index (χ3n) is 2.89. The fourth-order valence-corrected chi connectivity index (χ4v) is 2.75. The van der Waals surface area contributed by atoms with Crippen LogP contribution in [-0.2, 0) is 0 Å². The zero-order valence-electron chi connectivity index (χ0n) is 11.9. The summed E-state index contributed by atoms with van der Waals surface area (Å²) in [6.07, 6.45) is 0. The minimum atomic E-state index is 0.452. The van der Waals surface area contributed by atoms with Crippen molar-refractivity contribution in [2.75, 3.05) is 12.4 Å². The molecule has 0 aliphatic heterocycles. The molecule has 0 saturated carbocycles. The second-order valence-electron chi connectivity index (χ2n) is 4.51. The number of aromatic nitrogens is 2. The first-order valence-electron chi connectivity index (χ1n) is 6.82. The van der Waals surface area contributed by atoms with Gasteiger partial charge in [-0.25, -0.2) is 0 Å². The molecule has 2 aromatic carbocycles. The minimum Gasteiger partial charge on any atom is -0.491 e. The van der Waals surface area contributed by atoms with Crippen LogP contribution in [0.3, 0.4) is 0 Å². The summed E-state index contributed by atoms with van der Waals surface area (Å²) >= 11 is 13.4. The standard InChI is InChI=1S/C16H12Cl2N2O2S/c17-12-6-7-13(18)14(10-12)21-8-9-23-16-20-19-15(22-16)11-4-2-1-3-5-11/h1-7,10H,8-9H2. The van der Waals surface area contributed by atoms with E-state index in [0.29, 0.717) is 39.3 Å². The molecule has 0 spiro atoms. The van der Waals surface area contributed by atoms with Crippen LogP contribution in [0.5, 0.6) is 5.75 Å². The molecule has 118 valence electrons. The Labute approximate surface area is 147 Å². The molecule has 23 heavy (non-hydrogen) atoms. The van der Waals surface area contributed by atoms with Gasteiger partial charge in [0.05, 0.1) is 11.6 Å². The highest BCUT2D eigenvalue weighted by Gasteiger charge is 2.09. The maximum Gasteiger partial charge on any atom is 0.276 e. The lowest BCUT2D eigenvalue weighted by molar-refractivity contribution is 0.343. The van der Waals surface area contributed by atoms with Crippen LogP contribution >= 0.6 is 35.0 Å². The summed E-state index contributed by atoms with van der Waals surface area (Å²) in [5.74, 6) is 1.72. The maximum atomic E-state index is 6.03. The highest BCUT2D eigenvalue weighted by molar-refractivity contribution is 7.99. The summed E-state index contributed by atoms with van der Waals surface area (Å²) in [7, 11) is 0. The van der Waals surface area contributed by atoms with Crippen molar-refractivity contribution in [2.24, 2.45) is 0 Å². The van der Waals surface area contributed by atoms with E-state index in [1.54, 1.807) is 18.2 Å². The van der Waals surface area contributed by atoms with E-state index < -0.39 is 0 Å². The summed E-state index contributed by atoms with van der Waals surface area (Å²) in [4.78, 5) is 0. The fraction of sp³-hybridized carbons (Fsp3) is 0.125. The van der Waals surface area contributed by atoms with Gasteiger partial charge in [0.2, 0.25) is 5.89 Å². The van der Waals surface area contributed by atoms with Gasteiger partial charge in [-0.1, -0.05) is 53.2 Å². The van der Waals surface area contributed by atoms with Crippen molar-refractivity contribution in [1.82, 2.24) is 10.2 Å². The second-order valence-corrected chi connectivity index (χ2v) is 6.40. The Morgan fingerprint density at radius 2 is 1.87 bits per heavy atom. The molecule has 0 fully saturated rings. The lowest BCUT2D eigenvalue weighted by Crippen LogP contribution is -2.00. The second kappa shape index (κ2) is 7.73. The lowest BCUT2D eigenvalue weighted by atomic mass is 10.2. The summed E-state index contributed by atoms with van der Waals surface area (Å²) < 4.78 is 11.2. The number of ether oxygens (including phenoxy) is 1. The normalized spacial score (nSPS) is 10.7. The monoisotopic (exact) mass is 366 g/mol. The van der Waals surface area contributed by atoms with Gasteiger partial charge in [-0.05, 0) is 24.3 Å². The maximum absolute atomic E-state index is 6.03. The molecule has 1 aromatic heterocycles. The van der Waals surface area contributed by atoms with E-state index in [2.05, 4.69) is 10.2 Å². The van der Waals surface area contributed by atoms with Gasteiger partial charge in [0.1, 0.15) is 5.75 Å². The van der Waals surface area contributed by atoms with E-state index in [1.165, 1.54) is 11.8 Å². The SMILES string of the molecule is Clc1ccc(Cl)c(OCCSc2nnc(-c3ccccc3)o2)c1. The van der Waals surface area contributed by atoms with Gasteiger partial charge in [0.15, 0.2) is 0 Å². The average Bonchev–Trinajstić information content (AvgIpc) is 3.04. The van der Waals surface area contributed by atoms with Crippen molar-refractivity contribution >= 4 is 35.0 Å². The Balaban J connectivity index is 1.52. The summed E-state index contributed by atoms with van der Waals surface area (Å²) in [5, 5.41) is 9.66. The molecule has 7 heteroatoms. The quantitative estimate of drug-likeness (QED) is 0.442. The predicted molar refractivity (Wildman–Crippen MR) is 92.4 cm³/mol. The molecule has 0 unspecified atom stereocenters. The zero-order chi connectivity index (χ0) is 16.1. The number of nitrogens with zero attached hydrogens (tertiary/aromatic N) is 2. The van der Waals surface area contributed by atoms with Crippen molar-refractivity contribution in [3.63, 3.8) is 0 Å². The van der Waals surface area contributed by atoms with E-state index >= 15 is 0 Å². The Morgan fingerprint density at radius 3 is 2.70 bits per heavy atom. The van der Waals surface area contributed by atoms with Crippen LogP contribution in [-0.4, -0.2) is 22.6 Å². The van der Waals surface area contributed by atoms with Crippen LogP contribution in [0.4, 0.5) is 0 Å². The molecule has 0 aliphatic carbocycles. The summed E-state index contributed by atoms with van der Waals surface area (Å²) in [6, 6.07) is 14.7. The smallest absolute Gasteiger partial charge is 0.276 e. The average molecular weight is 367 g/mol. The largest absolute Gasteiger partial charge is 0.491 e. The van der Waals surface area contributed by atoms with Gasteiger partial charge < -0.3 is 9.15 Å². The van der Waals surface area contributed by atoms with Crippen LogP contribution in [0.2, 0.25) is 10.0 Å². The van der Waals surface area contributed by atoms with Crippen LogP contribution in [0.1, 0.15) is 0 Å². The molecule has 0 saturated heterocycles. The Kier molecular flexibility index (Phi) is 5.43. The highest BCUT2D eigenvalue weighted by Crippen LogP contribution is 2.28. The van der Waals surface area contributed by atoms with Gasteiger partial charge in [-0.2, -0.15) is 0 Å². The first-order valence-corrected chi connectivity index (χ1v) is 8.56. The Morgan fingerprint density at radius 1 is 1.04 bits per heavy atom. The molecule has 3 aromatic rings. The van der Waals surface area contributed by atoms with Crippen molar-refractivity contribution < 1.29 is 9.15 Å². The minimum absolute atomic E-state index is 0.452. The fourth-order valence-electron chi connectivity index (χ4n) is 1.83. The Bertz CT molecular complexity index is 781. The summed E-state index contributed by atoms with van der Waals surface area (Å²) in [5.41, 5.74) is 0.897. The first kappa shape index (κ1) is 16.2. The molecule has 3 rings (SSSR count). The van der Waals surface area contributed by atoms with Crippen LogP contribution in [0.25, 0.3) is 11.5 Å². The molecule has 0 aliphatic rings. The van der Waals surface area contributed by atoms with Gasteiger partial charge in [-0.15, -0.1) is 10.2 Å². The van der Waals surface area contributed by atoms with Gasteiger partial charge in [0, 0.05) is 22.4 Å². The van der Waals surface area contributed by atoms with Gasteiger partial charge in [0.25, 0.3) is 5.22 Å². The van der Waals surface area contributed by atoms with Crippen molar-refractivity contribution in [3.05, 3.63) is 58.6 Å². The number of hydrogen-bond acceptors (Lipinski definition) is 5. The zero-order valence-corrected chi connectivity index (χ0v) is 14.2. The van der Waals surface area contributed by atoms with Crippen LogP contribution in [0.15, 0.2) is 58.2 Å². The van der Waals surface area contributed by atoms with Gasteiger partial charge in [-0.3, -0.25) is 0 Å². The molecular weight excluding hydrogens is 355 g/mol. The van der Waals surface area contributed by atoms with E-state index in [0.717, 1.165) is 5.56 Å². The third kappa shape index (κ3) is 4.41. The Hall–Kier alpha value is -1.69. The van der Waals surface area contributed by atoms with Gasteiger partial charge >= 0.3 is 0 Å². The van der Waals surface area contributed by atoms with E-state index in [9.17, 15) is 0 Å². The molecule has 0 amide bonds. The van der Waals surface area contributed by atoms with E-state index in [1.807, 2.05) is 30.3 Å². The molecule has 0 bridgehead atoms. The number of rotatable bonds is 6. The van der Waals surface area contributed by atoms with Crippen molar-refractivity contribution in [3.8, 4) is 17.2 Å². The number of halogens is 2. The first-order chi connectivity index (χ1) is 11.2. The lowest BCUT2D eigenvalue weighted by Gasteiger charge is -2.07. The number of benzene rings is 2. The van der Waals surface area contributed by atoms with Crippen molar-refractivity contribution in [1.29, 1.82) is 0 Å². The summed E-state index contributed by atoms with van der Waals surface area (Å²) in [6.45, 7) is 0.452.